The number of rotatable bonds is 8. The minimum absolute atomic E-state index is 0.173. The molecule has 0 unspecified atom stereocenters. The van der Waals surface area contributed by atoms with E-state index in [2.05, 4.69) is 15.3 Å². The van der Waals surface area contributed by atoms with Crippen LogP contribution < -0.4 is 5.32 Å². The second-order valence-corrected chi connectivity index (χ2v) is 5.49. The maximum absolute atomic E-state index is 11.4. The van der Waals surface area contributed by atoms with Crippen LogP contribution in [0.15, 0.2) is 18.7 Å². The molecular formula is C13H16N4O3S. The van der Waals surface area contributed by atoms with Crippen LogP contribution in [0.4, 0.5) is 5.13 Å². The molecule has 2 heterocycles. The topological polar surface area (TPSA) is 97.1 Å². The van der Waals surface area contributed by atoms with Crippen molar-refractivity contribution in [2.24, 2.45) is 0 Å². The molecule has 0 aliphatic rings. The molecule has 0 atom stereocenters. The molecule has 112 valence electrons. The van der Waals surface area contributed by atoms with Crippen LogP contribution in [0.25, 0.3) is 0 Å². The maximum Gasteiger partial charge on any atom is 0.356 e. The predicted octanol–water partition coefficient (Wildman–Crippen LogP) is 2.13. The highest BCUT2D eigenvalue weighted by Crippen LogP contribution is 2.23. The number of anilines is 1. The fourth-order valence-electron chi connectivity index (χ4n) is 1.81. The average Bonchev–Trinajstić information content (AvgIpc) is 3.06. The number of aromatic carboxylic acids is 1. The number of hydrogen-bond donors (Lipinski definition) is 2. The summed E-state index contributed by atoms with van der Waals surface area (Å²) in [5.74, 6) is -1.46. The van der Waals surface area contributed by atoms with Crippen LogP contribution >= 0.6 is 11.3 Å². The molecule has 0 amide bonds. The molecule has 2 rings (SSSR count). The van der Waals surface area contributed by atoms with E-state index in [1.54, 1.807) is 12.5 Å². The minimum atomic E-state index is -1.18. The van der Waals surface area contributed by atoms with Crippen molar-refractivity contribution >= 4 is 28.2 Å². The van der Waals surface area contributed by atoms with Crippen LogP contribution in [0.2, 0.25) is 0 Å². The first-order chi connectivity index (χ1) is 10.1. The average molecular weight is 308 g/mol. The first kappa shape index (κ1) is 15.2. The van der Waals surface area contributed by atoms with Crippen molar-refractivity contribution in [1.29, 1.82) is 0 Å². The Morgan fingerprint density at radius 2 is 2.24 bits per heavy atom. The predicted molar refractivity (Wildman–Crippen MR) is 79.0 cm³/mol. The van der Waals surface area contributed by atoms with Crippen molar-refractivity contribution in [2.75, 3.05) is 11.9 Å². The summed E-state index contributed by atoms with van der Waals surface area (Å²) in [6.45, 7) is 2.91. The maximum atomic E-state index is 11.4. The van der Waals surface area contributed by atoms with Crippen molar-refractivity contribution in [1.82, 2.24) is 14.5 Å². The summed E-state index contributed by atoms with van der Waals surface area (Å²) in [5, 5.41) is 12.5. The molecule has 2 N–H and O–H groups in total. The van der Waals surface area contributed by atoms with E-state index in [4.69, 9.17) is 5.11 Å². The van der Waals surface area contributed by atoms with E-state index >= 15 is 0 Å². The zero-order valence-electron chi connectivity index (χ0n) is 11.6. The molecule has 0 aliphatic carbocycles. The third kappa shape index (κ3) is 4.12. The molecule has 7 nitrogen and oxygen atoms in total. The van der Waals surface area contributed by atoms with Gasteiger partial charge in [0.1, 0.15) is 4.88 Å². The number of hydrogen-bond acceptors (Lipinski definition) is 6. The molecule has 2 aromatic heterocycles. The Morgan fingerprint density at radius 1 is 1.43 bits per heavy atom. The highest BCUT2D eigenvalue weighted by molar-refractivity contribution is 7.17. The van der Waals surface area contributed by atoms with Gasteiger partial charge in [-0.15, -0.1) is 0 Å². The summed E-state index contributed by atoms with van der Waals surface area (Å²) >= 11 is 1.08. The van der Waals surface area contributed by atoms with Gasteiger partial charge < -0.3 is 15.0 Å². The fraction of sp³-hybridized carbons (Fsp3) is 0.385. The number of Topliss-reactive ketones (excluding diaryl/α,β-unsaturated/α-hetero) is 1. The van der Waals surface area contributed by atoms with Crippen molar-refractivity contribution in [3.63, 3.8) is 0 Å². The van der Waals surface area contributed by atoms with Crippen molar-refractivity contribution < 1.29 is 14.7 Å². The van der Waals surface area contributed by atoms with E-state index in [0.717, 1.165) is 30.7 Å². The first-order valence-electron chi connectivity index (χ1n) is 6.52. The summed E-state index contributed by atoms with van der Waals surface area (Å²) in [5.41, 5.74) is -0.173. The molecular weight excluding hydrogens is 292 g/mol. The lowest BCUT2D eigenvalue weighted by Crippen LogP contribution is -2.05. The van der Waals surface area contributed by atoms with Gasteiger partial charge in [0, 0.05) is 32.4 Å². The Balaban J connectivity index is 1.81. The quantitative estimate of drug-likeness (QED) is 0.573. The number of aromatic nitrogens is 3. The van der Waals surface area contributed by atoms with E-state index in [0.29, 0.717) is 11.7 Å². The number of ketones is 1. The standard InChI is InChI=1S/C13H16N4O3S/c1-9(18)11-10(12(19)20)16-13(21-11)15-4-2-3-6-17-7-5-14-8-17/h5,7-8H,2-4,6H2,1H3,(H,15,16)(H,19,20). The zero-order valence-corrected chi connectivity index (χ0v) is 12.4. The van der Waals surface area contributed by atoms with Gasteiger partial charge in [-0.3, -0.25) is 4.79 Å². The molecule has 2 aromatic rings. The Labute approximate surface area is 125 Å². The molecule has 0 bridgehead atoms. The zero-order chi connectivity index (χ0) is 15.2. The van der Waals surface area contributed by atoms with Crippen LogP contribution in [-0.2, 0) is 6.54 Å². The van der Waals surface area contributed by atoms with Crippen LogP contribution in [0.3, 0.4) is 0 Å². The molecule has 0 fully saturated rings. The summed E-state index contributed by atoms with van der Waals surface area (Å²) in [4.78, 5) is 30.5. The van der Waals surface area contributed by atoms with E-state index in [9.17, 15) is 9.59 Å². The normalized spacial score (nSPS) is 10.5. The fourth-order valence-corrected chi connectivity index (χ4v) is 2.69. The second kappa shape index (κ2) is 6.98. The van der Waals surface area contributed by atoms with Crippen LogP contribution in [0, 0.1) is 0 Å². The number of carbonyl (C=O) groups excluding carboxylic acids is 1. The molecule has 0 spiro atoms. The van der Waals surface area contributed by atoms with E-state index in [1.807, 2.05) is 10.8 Å². The van der Waals surface area contributed by atoms with Gasteiger partial charge in [-0.2, -0.15) is 0 Å². The summed E-state index contributed by atoms with van der Waals surface area (Å²) in [6.07, 6.45) is 7.30. The number of nitrogens with zero attached hydrogens (tertiary/aromatic N) is 3. The van der Waals surface area contributed by atoms with Crippen LogP contribution in [0.1, 0.15) is 39.9 Å². The van der Waals surface area contributed by atoms with Crippen LogP contribution in [0.5, 0.6) is 0 Å². The highest BCUT2D eigenvalue weighted by atomic mass is 32.1. The number of nitrogens with one attached hydrogen (secondary N) is 1. The first-order valence-corrected chi connectivity index (χ1v) is 7.34. The lowest BCUT2D eigenvalue weighted by atomic mass is 10.3. The van der Waals surface area contributed by atoms with Gasteiger partial charge in [-0.05, 0) is 12.8 Å². The van der Waals surface area contributed by atoms with E-state index in [-0.39, 0.29) is 16.4 Å². The van der Waals surface area contributed by atoms with Gasteiger partial charge in [0.25, 0.3) is 0 Å². The molecule has 0 saturated heterocycles. The molecule has 0 aromatic carbocycles. The third-order valence-electron chi connectivity index (χ3n) is 2.83. The largest absolute Gasteiger partial charge is 0.476 e. The van der Waals surface area contributed by atoms with Gasteiger partial charge >= 0.3 is 5.97 Å². The number of thiazole rings is 1. The lowest BCUT2D eigenvalue weighted by molar-refractivity contribution is 0.0687. The van der Waals surface area contributed by atoms with Gasteiger partial charge in [0.05, 0.1) is 6.33 Å². The van der Waals surface area contributed by atoms with E-state index < -0.39 is 5.97 Å². The lowest BCUT2D eigenvalue weighted by Gasteiger charge is -2.03. The van der Waals surface area contributed by atoms with Crippen molar-refractivity contribution in [3.05, 3.63) is 29.3 Å². The summed E-state index contributed by atoms with van der Waals surface area (Å²) < 4.78 is 2.00. The minimum Gasteiger partial charge on any atom is -0.476 e. The van der Waals surface area contributed by atoms with Gasteiger partial charge in [-0.1, -0.05) is 11.3 Å². The number of unbranched alkanes of at least 4 members (excludes halogenated alkanes) is 1. The number of aryl methyl sites for hydroxylation is 1. The molecule has 0 saturated carbocycles. The number of imidazole rings is 1. The van der Waals surface area contributed by atoms with Crippen molar-refractivity contribution in [2.45, 2.75) is 26.3 Å². The number of carbonyl (C=O) groups is 2. The number of carboxylic acid groups (broad SMARTS) is 1. The monoisotopic (exact) mass is 308 g/mol. The molecule has 0 aliphatic heterocycles. The number of carboxylic acids is 1. The highest BCUT2D eigenvalue weighted by Gasteiger charge is 2.20. The van der Waals surface area contributed by atoms with Gasteiger partial charge in [0.2, 0.25) is 0 Å². The Morgan fingerprint density at radius 3 is 2.81 bits per heavy atom. The van der Waals surface area contributed by atoms with E-state index in [1.165, 1.54) is 6.92 Å². The Bertz CT molecular complexity index is 590. The van der Waals surface area contributed by atoms with Crippen molar-refractivity contribution in [3.8, 4) is 0 Å². The van der Waals surface area contributed by atoms with Gasteiger partial charge in [-0.25, -0.2) is 14.8 Å². The second-order valence-electron chi connectivity index (χ2n) is 4.49. The molecule has 21 heavy (non-hydrogen) atoms. The van der Waals surface area contributed by atoms with Gasteiger partial charge in [0.15, 0.2) is 16.6 Å². The molecule has 8 heteroatoms. The molecule has 0 radical (unpaired) electrons. The Hall–Kier alpha value is -2.22. The Kier molecular flexibility index (Phi) is 5.04. The van der Waals surface area contributed by atoms with Crippen LogP contribution in [-0.4, -0.2) is 37.9 Å². The SMILES string of the molecule is CC(=O)c1sc(NCCCCn2ccnc2)nc1C(=O)O. The smallest absolute Gasteiger partial charge is 0.356 e. The summed E-state index contributed by atoms with van der Waals surface area (Å²) in [7, 11) is 0. The third-order valence-corrected chi connectivity index (χ3v) is 3.94. The summed E-state index contributed by atoms with van der Waals surface area (Å²) in [6, 6.07) is 0.